The molecule has 1 aliphatic rings. The summed E-state index contributed by atoms with van der Waals surface area (Å²) in [5.41, 5.74) is 0.604. The van der Waals surface area contributed by atoms with Crippen molar-refractivity contribution < 1.29 is 14.3 Å². The van der Waals surface area contributed by atoms with Crippen LogP contribution in [0.25, 0.3) is 0 Å². The average Bonchev–Trinajstić information content (AvgIpc) is 2.71. The van der Waals surface area contributed by atoms with E-state index in [0.29, 0.717) is 0 Å². The van der Waals surface area contributed by atoms with Crippen molar-refractivity contribution in [1.29, 1.82) is 0 Å². The van der Waals surface area contributed by atoms with Gasteiger partial charge in [0.05, 0.1) is 5.56 Å². The fourth-order valence-electron chi connectivity index (χ4n) is 1.89. The molecule has 1 heterocycles. The van der Waals surface area contributed by atoms with Crippen LogP contribution in [-0.4, -0.2) is 17.6 Å². The van der Waals surface area contributed by atoms with Crippen molar-refractivity contribution in [3.63, 3.8) is 0 Å². The van der Waals surface area contributed by atoms with E-state index in [-0.39, 0.29) is 24.0 Å². The Labute approximate surface area is 99.1 Å². The van der Waals surface area contributed by atoms with Crippen LogP contribution in [0, 0.1) is 5.82 Å². The minimum absolute atomic E-state index is 0. The maximum Gasteiger partial charge on any atom is 0.338 e. The van der Waals surface area contributed by atoms with Gasteiger partial charge in [0.1, 0.15) is 5.82 Å². The first-order valence-electron chi connectivity index (χ1n) is 4.94. The molecule has 0 radical (unpaired) electrons. The summed E-state index contributed by atoms with van der Waals surface area (Å²) in [6.45, 7) is 0.935. The fourth-order valence-corrected chi connectivity index (χ4v) is 1.89. The Bertz CT molecular complexity index is 392. The smallest absolute Gasteiger partial charge is 0.338 e. The predicted molar refractivity (Wildman–Crippen MR) is 60.6 cm³/mol. The van der Waals surface area contributed by atoms with Crippen molar-refractivity contribution in [3.05, 3.63) is 35.1 Å². The second kappa shape index (κ2) is 5.27. The third kappa shape index (κ3) is 2.51. The summed E-state index contributed by atoms with van der Waals surface area (Å²) in [5, 5.41) is 12.0. The SMILES string of the molecule is Cl.O=C(O)c1cc([C@H]2CCCN2)ccc1F. The summed E-state index contributed by atoms with van der Waals surface area (Å²) in [6, 6.07) is 4.45. The van der Waals surface area contributed by atoms with Gasteiger partial charge in [0.2, 0.25) is 0 Å². The highest BCUT2D eigenvalue weighted by Crippen LogP contribution is 2.24. The van der Waals surface area contributed by atoms with E-state index in [4.69, 9.17) is 5.11 Å². The van der Waals surface area contributed by atoms with Gasteiger partial charge in [-0.05, 0) is 37.1 Å². The zero-order valence-corrected chi connectivity index (χ0v) is 9.39. The van der Waals surface area contributed by atoms with Crippen LogP contribution in [0.2, 0.25) is 0 Å². The van der Waals surface area contributed by atoms with Crippen LogP contribution in [0.3, 0.4) is 0 Å². The maximum atomic E-state index is 13.1. The highest BCUT2D eigenvalue weighted by atomic mass is 35.5. The van der Waals surface area contributed by atoms with E-state index in [1.165, 1.54) is 12.1 Å². The van der Waals surface area contributed by atoms with Crippen molar-refractivity contribution in [2.45, 2.75) is 18.9 Å². The minimum Gasteiger partial charge on any atom is -0.478 e. The van der Waals surface area contributed by atoms with E-state index < -0.39 is 11.8 Å². The Hall–Kier alpha value is -1.13. The summed E-state index contributed by atoms with van der Waals surface area (Å²) < 4.78 is 13.1. The van der Waals surface area contributed by atoms with Gasteiger partial charge in [-0.25, -0.2) is 9.18 Å². The lowest BCUT2D eigenvalue weighted by Crippen LogP contribution is -2.14. The molecule has 1 aromatic rings. The Balaban J connectivity index is 0.00000128. The molecule has 0 aromatic heterocycles. The molecule has 3 nitrogen and oxygen atoms in total. The monoisotopic (exact) mass is 245 g/mol. The van der Waals surface area contributed by atoms with Crippen molar-refractivity contribution in [2.24, 2.45) is 0 Å². The summed E-state index contributed by atoms with van der Waals surface area (Å²) in [6.07, 6.45) is 2.05. The second-order valence-corrected chi connectivity index (χ2v) is 3.69. The average molecular weight is 246 g/mol. The van der Waals surface area contributed by atoms with Gasteiger partial charge >= 0.3 is 5.97 Å². The van der Waals surface area contributed by atoms with E-state index >= 15 is 0 Å². The van der Waals surface area contributed by atoms with Crippen molar-refractivity contribution >= 4 is 18.4 Å². The topological polar surface area (TPSA) is 49.3 Å². The van der Waals surface area contributed by atoms with E-state index in [1.54, 1.807) is 6.07 Å². The van der Waals surface area contributed by atoms with Crippen molar-refractivity contribution in [2.75, 3.05) is 6.54 Å². The molecule has 5 heteroatoms. The van der Waals surface area contributed by atoms with Crippen molar-refractivity contribution in [3.8, 4) is 0 Å². The molecule has 0 bridgehead atoms. The highest BCUT2D eigenvalue weighted by Gasteiger charge is 2.19. The molecular formula is C11H13ClFNO2. The molecule has 2 rings (SSSR count). The van der Waals surface area contributed by atoms with E-state index in [2.05, 4.69) is 5.32 Å². The van der Waals surface area contributed by atoms with E-state index in [9.17, 15) is 9.18 Å². The second-order valence-electron chi connectivity index (χ2n) is 3.69. The van der Waals surface area contributed by atoms with Gasteiger partial charge in [0.15, 0.2) is 0 Å². The molecule has 1 aromatic carbocycles. The van der Waals surface area contributed by atoms with Crippen LogP contribution in [0.1, 0.15) is 34.8 Å². The molecule has 1 atom stereocenters. The first-order chi connectivity index (χ1) is 7.18. The number of carboxylic acids is 1. The third-order valence-corrected chi connectivity index (χ3v) is 2.68. The largest absolute Gasteiger partial charge is 0.478 e. The van der Waals surface area contributed by atoms with Crippen LogP contribution in [0.15, 0.2) is 18.2 Å². The number of rotatable bonds is 2. The lowest BCUT2D eigenvalue weighted by molar-refractivity contribution is 0.0691. The molecule has 0 amide bonds. The quantitative estimate of drug-likeness (QED) is 0.841. The highest BCUT2D eigenvalue weighted by molar-refractivity contribution is 5.88. The molecule has 16 heavy (non-hydrogen) atoms. The lowest BCUT2D eigenvalue weighted by Gasteiger charge is -2.11. The number of benzene rings is 1. The van der Waals surface area contributed by atoms with E-state index in [0.717, 1.165) is 24.9 Å². The minimum atomic E-state index is -1.22. The molecule has 1 saturated heterocycles. The molecule has 0 saturated carbocycles. The van der Waals surface area contributed by atoms with Crippen LogP contribution in [-0.2, 0) is 0 Å². The van der Waals surface area contributed by atoms with Gasteiger partial charge in [-0.1, -0.05) is 6.07 Å². The number of aromatic carboxylic acids is 1. The molecule has 1 fully saturated rings. The maximum absolute atomic E-state index is 13.1. The Morgan fingerprint density at radius 1 is 1.50 bits per heavy atom. The van der Waals surface area contributed by atoms with Crippen LogP contribution < -0.4 is 5.32 Å². The Morgan fingerprint density at radius 2 is 2.25 bits per heavy atom. The summed E-state index contributed by atoms with van der Waals surface area (Å²) >= 11 is 0. The van der Waals surface area contributed by atoms with E-state index in [1.807, 2.05) is 0 Å². The fraction of sp³-hybridized carbons (Fsp3) is 0.364. The Morgan fingerprint density at radius 3 is 2.81 bits per heavy atom. The van der Waals surface area contributed by atoms with Crippen molar-refractivity contribution in [1.82, 2.24) is 5.32 Å². The first kappa shape index (κ1) is 12.9. The first-order valence-corrected chi connectivity index (χ1v) is 4.94. The number of hydrogen-bond acceptors (Lipinski definition) is 2. The van der Waals surface area contributed by atoms with Crippen LogP contribution in [0.4, 0.5) is 4.39 Å². The van der Waals surface area contributed by atoms with Gasteiger partial charge in [-0.15, -0.1) is 12.4 Å². The molecule has 1 aliphatic heterocycles. The standard InChI is InChI=1S/C11H12FNO2.ClH/c12-9-4-3-7(6-8(9)11(14)15)10-2-1-5-13-10;/h3-4,6,10,13H,1-2,5H2,(H,14,15);1H/t10-;/m1./s1. The van der Waals surface area contributed by atoms with Gasteiger partial charge in [0.25, 0.3) is 0 Å². The normalized spacial score (nSPS) is 19.2. The molecule has 0 spiro atoms. The van der Waals surface area contributed by atoms with Crippen LogP contribution >= 0.6 is 12.4 Å². The molecule has 0 aliphatic carbocycles. The number of carbonyl (C=O) groups is 1. The van der Waals surface area contributed by atoms with Gasteiger partial charge in [-0.3, -0.25) is 0 Å². The van der Waals surface area contributed by atoms with Gasteiger partial charge < -0.3 is 10.4 Å². The number of nitrogens with one attached hydrogen (secondary N) is 1. The number of halogens is 2. The third-order valence-electron chi connectivity index (χ3n) is 2.68. The lowest BCUT2D eigenvalue weighted by atomic mass is 10.0. The summed E-state index contributed by atoms with van der Waals surface area (Å²) in [5.74, 6) is -1.89. The van der Waals surface area contributed by atoms with Gasteiger partial charge in [0, 0.05) is 6.04 Å². The zero-order valence-electron chi connectivity index (χ0n) is 8.57. The molecule has 0 unspecified atom stereocenters. The Kier molecular flexibility index (Phi) is 4.26. The number of hydrogen-bond donors (Lipinski definition) is 2. The molecule has 88 valence electrons. The zero-order chi connectivity index (χ0) is 10.8. The molecular weight excluding hydrogens is 233 g/mol. The van der Waals surface area contributed by atoms with Crippen LogP contribution in [0.5, 0.6) is 0 Å². The predicted octanol–water partition coefficient (Wildman–Crippen LogP) is 2.37. The number of carboxylic acid groups (broad SMARTS) is 1. The summed E-state index contributed by atoms with van der Waals surface area (Å²) in [4.78, 5) is 10.7. The van der Waals surface area contributed by atoms with Gasteiger partial charge in [-0.2, -0.15) is 0 Å². The molecule has 2 N–H and O–H groups in total. The summed E-state index contributed by atoms with van der Waals surface area (Å²) in [7, 11) is 0.